The number of quaternary nitrogens is 1. The van der Waals surface area contributed by atoms with Crippen molar-refractivity contribution < 1.29 is 37.3 Å². The highest BCUT2D eigenvalue weighted by atomic mass is 31.2. The quantitative estimate of drug-likeness (QED) is 0.0205. The van der Waals surface area contributed by atoms with Gasteiger partial charge in [-0.15, -0.1) is 0 Å². The predicted octanol–water partition coefficient (Wildman–Crippen LogP) is 19.6. The highest BCUT2D eigenvalue weighted by Gasteiger charge is 2.30. The van der Waals surface area contributed by atoms with E-state index in [1.165, 1.54) is 148 Å². The standard InChI is InChI=1S/C66H121N2O7P/c1-7-10-13-16-19-22-25-28-30-32-34-36-38-40-43-46-49-52-55-58-65(69)67-63(62-74-76(71,72)73-61-60-68(4,5)6)64(57-54-51-48-45-42-27-24-21-18-15-12-9-3)75-66(70)59-56-53-50-47-44-41-39-37-35-33-31-29-26-23-20-17-14-11-8-2/h19-20,22-23,28-31,35,37,54,57,63-64H,7-18,21,24-27,32-34,36,38-53,55-56,58-62H2,1-6H3,(H-,67,69,71,72)/p+1/b22-19-,23-20-,30-28-,31-29-,37-35-,57-54+. The molecule has 0 heterocycles. The van der Waals surface area contributed by atoms with Gasteiger partial charge < -0.3 is 19.4 Å². The number of rotatable bonds is 57. The zero-order valence-corrected chi connectivity index (χ0v) is 51.4. The molecule has 3 unspecified atom stereocenters. The van der Waals surface area contributed by atoms with Crippen LogP contribution in [0.15, 0.2) is 72.9 Å². The number of hydrogen-bond donors (Lipinski definition) is 2. The fourth-order valence-electron chi connectivity index (χ4n) is 8.92. The third-order valence-corrected chi connectivity index (χ3v) is 14.9. The maximum absolute atomic E-state index is 13.6. The van der Waals surface area contributed by atoms with Gasteiger partial charge in [0.1, 0.15) is 19.3 Å². The fourth-order valence-corrected chi connectivity index (χ4v) is 9.65. The monoisotopic (exact) mass is 1090 g/mol. The van der Waals surface area contributed by atoms with Crippen molar-refractivity contribution in [2.45, 2.75) is 296 Å². The molecule has 76 heavy (non-hydrogen) atoms. The molecule has 2 N–H and O–H groups in total. The minimum atomic E-state index is -4.46. The molecule has 0 spiro atoms. The second kappa shape index (κ2) is 55.8. The van der Waals surface area contributed by atoms with Crippen LogP contribution in [0.25, 0.3) is 0 Å². The summed E-state index contributed by atoms with van der Waals surface area (Å²) < 4.78 is 30.7. The minimum Gasteiger partial charge on any atom is -0.456 e. The number of phosphoric ester groups is 1. The Morgan fingerprint density at radius 3 is 1.22 bits per heavy atom. The third kappa shape index (κ3) is 56.2. The van der Waals surface area contributed by atoms with E-state index in [1.54, 1.807) is 0 Å². The average molecular weight is 1090 g/mol. The van der Waals surface area contributed by atoms with Gasteiger partial charge in [0.15, 0.2) is 0 Å². The third-order valence-electron chi connectivity index (χ3n) is 13.9. The average Bonchev–Trinajstić information content (AvgIpc) is 3.38. The largest absolute Gasteiger partial charge is 0.472 e. The predicted molar refractivity (Wildman–Crippen MR) is 328 cm³/mol. The van der Waals surface area contributed by atoms with Crippen molar-refractivity contribution in [3.8, 4) is 0 Å². The molecule has 10 heteroatoms. The van der Waals surface area contributed by atoms with E-state index in [-0.39, 0.29) is 31.5 Å². The van der Waals surface area contributed by atoms with Gasteiger partial charge in [-0.2, -0.15) is 0 Å². The van der Waals surface area contributed by atoms with E-state index < -0.39 is 20.0 Å². The number of nitrogens with zero attached hydrogens (tertiary/aromatic N) is 1. The molecule has 0 radical (unpaired) electrons. The van der Waals surface area contributed by atoms with E-state index in [9.17, 15) is 19.0 Å². The first-order chi connectivity index (χ1) is 36.9. The van der Waals surface area contributed by atoms with Crippen molar-refractivity contribution in [1.82, 2.24) is 5.32 Å². The Hall–Kier alpha value is -2.55. The van der Waals surface area contributed by atoms with Crippen LogP contribution < -0.4 is 5.32 Å². The zero-order chi connectivity index (χ0) is 55.7. The molecule has 0 aliphatic rings. The van der Waals surface area contributed by atoms with Crippen molar-refractivity contribution in [3.05, 3.63) is 72.9 Å². The van der Waals surface area contributed by atoms with E-state index in [2.05, 4.69) is 86.8 Å². The van der Waals surface area contributed by atoms with Crippen molar-refractivity contribution in [2.75, 3.05) is 40.9 Å². The summed E-state index contributed by atoms with van der Waals surface area (Å²) in [6.45, 7) is 6.96. The molecule has 0 saturated carbocycles. The first kappa shape index (κ1) is 73.5. The molecule has 0 bridgehead atoms. The molecule has 442 valence electrons. The summed E-state index contributed by atoms with van der Waals surface area (Å²) in [7, 11) is 1.48. The number of phosphoric acid groups is 1. The molecule has 1 amide bonds. The maximum Gasteiger partial charge on any atom is 0.472 e. The lowest BCUT2D eigenvalue weighted by Gasteiger charge is -2.27. The summed E-state index contributed by atoms with van der Waals surface area (Å²) >= 11 is 0. The maximum atomic E-state index is 13.6. The normalized spacial score (nSPS) is 14.1. The summed E-state index contributed by atoms with van der Waals surface area (Å²) in [5, 5.41) is 3.05. The van der Waals surface area contributed by atoms with Crippen LogP contribution in [-0.2, 0) is 27.9 Å². The summed E-state index contributed by atoms with van der Waals surface area (Å²) in [6, 6.07) is -0.858. The number of amides is 1. The van der Waals surface area contributed by atoms with Crippen molar-refractivity contribution in [1.29, 1.82) is 0 Å². The Labute approximate surface area is 470 Å². The van der Waals surface area contributed by atoms with Gasteiger partial charge in [0.05, 0.1) is 33.8 Å². The van der Waals surface area contributed by atoms with Crippen LogP contribution in [0.2, 0.25) is 0 Å². The van der Waals surface area contributed by atoms with Crippen LogP contribution in [0.4, 0.5) is 0 Å². The molecule has 0 saturated heterocycles. The van der Waals surface area contributed by atoms with Gasteiger partial charge >= 0.3 is 13.8 Å². The number of nitrogens with one attached hydrogen (secondary N) is 1. The second-order valence-corrected chi connectivity index (χ2v) is 24.0. The lowest BCUT2D eigenvalue weighted by Crippen LogP contribution is -2.47. The first-order valence-electron chi connectivity index (χ1n) is 31.8. The van der Waals surface area contributed by atoms with E-state index in [0.29, 0.717) is 17.4 Å². The van der Waals surface area contributed by atoms with Crippen molar-refractivity contribution >= 4 is 19.7 Å². The van der Waals surface area contributed by atoms with Gasteiger partial charge in [-0.1, -0.05) is 242 Å². The molecular weight excluding hydrogens is 964 g/mol. The second-order valence-electron chi connectivity index (χ2n) is 22.6. The number of esters is 1. The molecule has 0 fully saturated rings. The topological polar surface area (TPSA) is 111 Å². The van der Waals surface area contributed by atoms with Crippen molar-refractivity contribution in [3.63, 3.8) is 0 Å². The zero-order valence-electron chi connectivity index (χ0n) is 50.5. The minimum absolute atomic E-state index is 0.0350. The Bertz CT molecular complexity index is 1530. The van der Waals surface area contributed by atoms with Gasteiger partial charge in [-0.3, -0.25) is 18.6 Å². The molecule has 9 nitrogen and oxygen atoms in total. The summed E-state index contributed by atoms with van der Waals surface area (Å²) in [6.07, 6.45) is 71.7. The van der Waals surface area contributed by atoms with E-state index in [0.717, 1.165) is 103 Å². The van der Waals surface area contributed by atoms with Crippen molar-refractivity contribution in [2.24, 2.45) is 0 Å². The van der Waals surface area contributed by atoms with E-state index >= 15 is 0 Å². The summed E-state index contributed by atoms with van der Waals surface area (Å²) in [4.78, 5) is 37.7. The molecular formula is C66H122N2O7P+. The number of unbranched alkanes of at least 4 members (excludes halogenated alkanes) is 31. The molecule has 0 rings (SSSR count). The molecule has 0 aliphatic carbocycles. The highest BCUT2D eigenvalue weighted by molar-refractivity contribution is 7.47. The Balaban J connectivity index is 5.27. The molecule has 0 aromatic rings. The van der Waals surface area contributed by atoms with Crippen LogP contribution in [0.5, 0.6) is 0 Å². The lowest BCUT2D eigenvalue weighted by atomic mass is 10.0. The van der Waals surface area contributed by atoms with Gasteiger partial charge in [-0.25, -0.2) is 4.57 Å². The number of carbonyl (C=O) groups is 2. The van der Waals surface area contributed by atoms with Crippen LogP contribution in [-0.4, -0.2) is 74.3 Å². The van der Waals surface area contributed by atoms with E-state index in [1.807, 2.05) is 33.3 Å². The van der Waals surface area contributed by atoms with Gasteiger partial charge in [0.25, 0.3) is 0 Å². The Morgan fingerprint density at radius 2 is 0.803 bits per heavy atom. The Kier molecular flexibility index (Phi) is 53.9. The SMILES string of the molecule is CCCCC/C=C\C/C=C\C/C=C\CCCCCCCCC(=O)OC(/C=C/CCCCCCCCCCCC)C(COP(=O)(O)OCC[N+](C)(C)C)NC(=O)CCCCCCCCCCC/C=C\C/C=C\CCCCC. The number of hydrogen-bond acceptors (Lipinski definition) is 6. The number of likely N-dealkylation sites (N-methyl/N-ethyl adjacent to an activating group) is 1. The highest BCUT2D eigenvalue weighted by Crippen LogP contribution is 2.43. The van der Waals surface area contributed by atoms with Crippen LogP contribution in [0.3, 0.4) is 0 Å². The van der Waals surface area contributed by atoms with E-state index in [4.69, 9.17) is 13.8 Å². The molecule has 0 aromatic carbocycles. The van der Waals surface area contributed by atoms with Gasteiger partial charge in [-0.05, 0) is 102 Å². The molecule has 0 aromatic heterocycles. The molecule has 3 atom stereocenters. The number of carbonyl (C=O) groups excluding carboxylic acids is 2. The van der Waals surface area contributed by atoms with Gasteiger partial charge in [0, 0.05) is 12.8 Å². The summed E-state index contributed by atoms with van der Waals surface area (Å²) in [5.74, 6) is -0.521. The number of ether oxygens (including phenoxy) is 1. The fraction of sp³-hybridized carbons (Fsp3) is 0.788. The van der Waals surface area contributed by atoms with Crippen LogP contribution in [0, 0.1) is 0 Å². The summed E-state index contributed by atoms with van der Waals surface area (Å²) in [5.41, 5.74) is 0. The smallest absolute Gasteiger partial charge is 0.456 e. The first-order valence-corrected chi connectivity index (χ1v) is 33.3. The number of allylic oxidation sites excluding steroid dienone is 11. The van der Waals surface area contributed by atoms with Gasteiger partial charge in [0.2, 0.25) is 5.91 Å². The van der Waals surface area contributed by atoms with Crippen LogP contribution in [0.1, 0.15) is 284 Å². The van der Waals surface area contributed by atoms with Crippen LogP contribution >= 0.6 is 7.82 Å². The Morgan fingerprint density at radius 1 is 0.461 bits per heavy atom. The molecule has 0 aliphatic heterocycles. The lowest BCUT2D eigenvalue weighted by molar-refractivity contribution is -0.870.